The second-order valence-electron chi connectivity index (χ2n) is 3.25. The average Bonchev–Trinajstić information content (AvgIpc) is 2.31. The molecule has 2 aromatic rings. The Labute approximate surface area is 97.8 Å². The van der Waals surface area contributed by atoms with Crippen molar-refractivity contribution in [3.63, 3.8) is 0 Å². The minimum atomic E-state index is -0.483. The van der Waals surface area contributed by atoms with Crippen LogP contribution in [0, 0.1) is 0 Å². The van der Waals surface area contributed by atoms with Crippen LogP contribution in [0.1, 0.15) is 18.6 Å². The minimum Gasteiger partial charge on any atom is -0.389 e. The smallest absolute Gasteiger partial charge is 0.121 e. The number of rotatable bonds is 3. The number of hydrogen-bond acceptors (Lipinski definition) is 5. The van der Waals surface area contributed by atoms with Crippen molar-refractivity contribution in [1.29, 1.82) is 0 Å². The summed E-state index contributed by atoms with van der Waals surface area (Å²) in [5.41, 5.74) is 0.809. The maximum atomic E-state index is 9.34. The summed E-state index contributed by atoms with van der Waals surface area (Å²) in [6.45, 7) is 1.71. The van der Waals surface area contributed by atoms with E-state index in [1.54, 1.807) is 31.7 Å². The van der Waals surface area contributed by atoms with Gasteiger partial charge in [0.05, 0.1) is 12.3 Å². The number of aromatic nitrogens is 3. The van der Waals surface area contributed by atoms with Crippen molar-refractivity contribution < 1.29 is 5.11 Å². The molecular formula is C11H11N3OS. The number of hydrogen-bond donors (Lipinski definition) is 1. The van der Waals surface area contributed by atoms with E-state index < -0.39 is 6.10 Å². The second-order valence-corrected chi connectivity index (χ2v) is 4.29. The molecule has 0 aromatic carbocycles. The van der Waals surface area contributed by atoms with Gasteiger partial charge in [-0.15, -0.1) is 0 Å². The summed E-state index contributed by atoms with van der Waals surface area (Å²) < 4.78 is 0. The largest absolute Gasteiger partial charge is 0.389 e. The molecule has 0 spiro atoms. The zero-order chi connectivity index (χ0) is 11.4. The van der Waals surface area contributed by atoms with Crippen molar-refractivity contribution >= 4 is 11.8 Å². The summed E-state index contributed by atoms with van der Waals surface area (Å²) in [5, 5.41) is 11.0. The first-order chi connectivity index (χ1) is 7.75. The first-order valence-electron chi connectivity index (χ1n) is 4.83. The molecule has 0 fully saturated rings. The summed E-state index contributed by atoms with van der Waals surface area (Å²) in [6, 6.07) is 3.72. The first kappa shape index (κ1) is 11.0. The van der Waals surface area contributed by atoms with Crippen LogP contribution in [0.3, 0.4) is 0 Å². The SMILES string of the molecule is C[C@@H](O)c1ccc(Sc2cnccn2)nc1. The number of nitrogens with zero attached hydrogens (tertiary/aromatic N) is 3. The van der Waals surface area contributed by atoms with Gasteiger partial charge in [-0.2, -0.15) is 0 Å². The molecule has 0 saturated carbocycles. The van der Waals surface area contributed by atoms with Crippen LogP contribution in [0.25, 0.3) is 0 Å². The molecule has 0 radical (unpaired) electrons. The van der Waals surface area contributed by atoms with Crippen molar-refractivity contribution in [1.82, 2.24) is 15.0 Å². The van der Waals surface area contributed by atoms with Crippen LogP contribution in [0.5, 0.6) is 0 Å². The zero-order valence-corrected chi connectivity index (χ0v) is 9.56. The fourth-order valence-electron chi connectivity index (χ4n) is 1.14. The van der Waals surface area contributed by atoms with Crippen molar-refractivity contribution in [3.8, 4) is 0 Å². The van der Waals surface area contributed by atoms with E-state index in [1.807, 2.05) is 12.1 Å². The molecule has 0 unspecified atom stereocenters. The Kier molecular flexibility index (Phi) is 3.48. The Morgan fingerprint density at radius 3 is 2.56 bits per heavy atom. The third kappa shape index (κ3) is 2.77. The predicted octanol–water partition coefficient (Wildman–Crippen LogP) is 2.08. The molecule has 0 aliphatic carbocycles. The molecule has 2 rings (SSSR count). The highest BCUT2D eigenvalue weighted by Crippen LogP contribution is 2.23. The van der Waals surface area contributed by atoms with E-state index in [0.717, 1.165) is 15.6 Å². The van der Waals surface area contributed by atoms with Gasteiger partial charge in [0.25, 0.3) is 0 Å². The van der Waals surface area contributed by atoms with E-state index in [1.165, 1.54) is 11.8 Å². The lowest BCUT2D eigenvalue weighted by Crippen LogP contribution is -1.92. The molecule has 82 valence electrons. The van der Waals surface area contributed by atoms with E-state index in [0.29, 0.717) is 0 Å². The van der Waals surface area contributed by atoms with Crippen molar-refractivity contribution in [2.75, 3.05) is 0 Å². The van der Waals surface area contributed by atoms with Gasteiger partial charge in [-0.05, 0) is 30.3 Å². The maximum absolute atomic E-state index is 9.34. The number of aliphatic hydroxyl groups excluding tert-OH is 1. The van der Waals surface area contributed by atoms with Crippen molar-refractivity contribution in [3.05, 3.63) is 42.5 Å². The molecule has 1 N–H and O–H groups in total. The van der Waals surface area contributed by atoms with E-state index >= 15 is 0 Å². The average molecular weight is 233 g/mol. The van der Waals surface area contributed by atoms with Crippen LogP contribution >= 0.6 is 11.8 Å². The Morgan fingerprint density at radius 1 is 1.12 bits per heavy atom. The van der Waals surface area contributed by atoms with Gasteiger partial charge in [0.1, 0.15) is 10.1 Å². The standard InChI is InChI=1S/C11H11N3OS/c1-8(15)9-2-3-10(14-6-9)16-11-7-12-4-5-13-11/h2-8,15H,1H3/t8-/m1/s1. The summed E-state index contributed by atoms with van der Waals surface area (Å²) >= 11 is 1.44. The highest BCUT2D eigenvalue weighted by atomic mass is 32.2. The lowest BCUT2D eigenvalue weighted by molar-refractivity contribution is 0.198. The van der Waals surface area contributed by atoms with Crippen LogP contribution in [0.15, 0.2) is 47.0 Å². The molecule has 5 heteroatoms. The molecular weight excluding hydrogens is 222 g/mol. The van der Waals surface area contributed by atoms with Crippen molar-refractivity contribution in [2.24, 2.45) is 0 Å². The summed E-state index contributed by atoms with van der Waals surface area (Å²) in [4.78, 5) is 12.3. The fourth-order valence-corrected chi connectivity index (χ4v) is 1.83. The minimum absolute atomic E-state index is 0.483. The topological polar surface area (TPSA) is 58.9 Å². The Hall–Kier alpha value is -1.46. The van der Waals surface area contributed by atoms with E-state index in [2.05, 4.69) is 15.0 Å². The highest BCUT2D eigenvalue weighted by molar-refractivity contribution is 7.99. The Balaban J connectivity index is 2.11. The third-order valence-corrected chi connectivity index (χ3v) is 2.86. The Morgan fingerprint density at radius 2 is 2.00 bits per heavy atom. The lowest BCUT2D eigenvalue weighted by atomic mass is 10.2. The molecule has 1 atom stereocenters. The fraction of sp³-hybridized carbons (Fsp3) is 0.182. The molecule has 0 aliphatic heterocycles. The third-order valence-electron chi connectivity index (χ3n) is 1.99. The molecule has 0 amide bonds. The van der Waals surface area contributed by atoms with Gasteiger partial charge in [0, 0.05) is 18.6 Å². The summed E-state index contributed by atoms with van der Waals surface area (Å²) in [6.07, 6.45) is 6.15. The van der Waals surface area contributed by atoms with E-state index in [4.69, 9.17) is 0 Å². The van der Waals surface area contributed by atoms with Gasteiger partial charge in [0.15, 0.2) is 0 Å². The number of aliphatic hydroxyl groups is 1. The molecule has 0 bridgehead atoms. The van der Waals surface area contributed by atoms with Gasteiger partial charge < -0.3 is 5.11 Å². The highest BCUT2D eigenvalue weighted by Gasteiger charge is 2.03. The predicted molar refractivity (Wildman–Crippen MR) is 61.0 cm³/mol. The van der Waals surface area contributed by atoms with Gasteiger partial charge in [0.2, 0.25) is 0 Å². The monoisotopic (exact) mass is 233 g/mol. The molecule has 4 nitrogen and oxygen atoms in total. The summed E-state index contributed by atoms with van der Waals surface area (Å²) in [5.74, 6) is 0. The van der Waals surface area contributed by atoms with Gasteiger partial charge >= 0.3 is 0 Å². The lowest BCUT2D eigenvalue weighted by Gasteiger charge is -2.04. The van der Waals surface area contributed by atoms with Crippen LogP contribution in [-0.2, 0) is 0 Å². The molecule has 16 heavy (non-hydrogen) atoms. The van der Waals surface area contributed by atoms with Gasteiger partial charge in [-0.1, -0.05) is 6.07 Å². The molecule has 0 saturated heterocycles. The van der Waals surface area contributed by atoms with E-state index in [-0.39, 0.29) is 0 Å². The normalized spacial score (nSPS) is 12.4. The van der Waals surface area contributed by atoms with Crippen molar-refractivity contribution in [2.45, 2.75) is 23.1 Å². The van der Waals surface area contributed by atoms with Crippen LogP contribution in [0.4, 0.5) is 0 Å². The summed E-state index contributed by atoms with van der Waals surface area (Å²) in [7, 11) is 0. The molecule has 2 heterocycles. The second kappa shape index (κ2) is 5.05. The number of pyridine rings is 1. The van der Waals surface area contributed by atoms with Gasteiger partial charge in [-0.25, -0.2) is 9.97 Å². The van der Waals surface area contributed by atoms with Gasteiger partial charge in [-0.3, -0.25) is 4.98 Å². The van der Waals surface area contributed by atoms with Crippen LogP contribution < -0.4 is 0 Å². The van der Waals surface area contributed by atoms with E-state index in [9.17, 15) is 5.11 Å². The Bertz CT molecular complexity index is 445. The first-order valence-corrected chi connectivity index (χ1v) is 5.65. The maximum Gasteiger partial charge on any atom is 0.121 e. The zero-order valence-electron chi connectivity index (χ0n) is 8.74. The van der Waals surface area contributed by atoms with Crippen LogP contribution in [0.2, 0.25) is 0 Å². The van der Waals surface area contributed by atoms with Crippen LogP contribution in [-0.4, -0.2) is 20.1 Å². The molecule has 2 aromatic heterocycles. The quantitative estimate of drug-likeness (QED) is 0.879. The molecule has 0 aliphatic rings.